The van der Waals surface area contributed by atoms with Gasteiger partial charge in [0.25, 0.3) is 0 Å². The minimum absolute atomic E-state index is 0.625. The summed E-state index contributed by atoms with van der Waals surface area (Å²) in [6.45, 7) is 2.96. The van der Waals surface area contributed by atoms with Gasteiger partial charge in [0.15, 0.2) is 6.26 Å². The van der Waals surface area contributed by atoms with E-state index in [4.69, 9.17) is 9.78 Å². The van der Waals surface area contributed by atoms with Gasteiger partial charge in [-0.1, -0.05) is 0 Å². The third-order valence-electron chi connectivity index (χ3n) is 2.22. The predicted molar refractivity (Wildman–Crippen MR) is 40.5 cm³/mol. The first-order valence-electron chi connectivity index (χ1n) is 4.19. The van der Waals surface area contributed by atoms with E-state index < -0.39 is 0 Å². The zero-order valence-corrected chi connectivity index (χ0v) is 6.58. The summed E-state index contributed by atoms with van der Waals surface area (Å²) in [6.07, 6.45) is 5.69. The van der Waals surface area contributed by atoms with E-state index in [9.17, 15) is 0 Å². The molecule has 0 radical (unpaired) electrons. The molecular formula is C8H13NO2. The van der Waals surface area contributed by atoms with Crippen molar-refractivity contribution in [2.45, 2.75) is 19.3 Å². The van der Waals surface area contributed by atoms with Gasteiger partial charge >= 0.3 is 0 Å². The van der Waals surface area contributed by atoms with Crippen molar-refractivity contribution in [2.75, 3.05) is 19.7 Å². The Bertz CT molecular complexity index is 161. The van der Waals surface area contributed by atoms with Crippen LogP contribution in [0.1, 0.15) is 19.3 Å². The van der Waals surface area contributed by atoms with Crippen LogP contribution in [0.25, 0.3) is 0 Å². The highest BCUT2D eigenvalue weighted by Gasteiger charge is 2.17. The van der Waals surface area contributed by atoms with E-state index in [1.807, 2.05) is 0 Å². The summed E-state index contributed by atoms with van der Waals surface area (Å²) >= 11 is 0. The summed E-state index contributed by atoms with van der Waals surface area (Å²) in [4.78, 5) is 11.8. The van der Waals surface area contributed by atoms with Crippen molar-refractivity contribution < 1.29 is 9.78 Å². The van der Waals surface area contributed by atoms with Crippen molar-refractivity contribution in [3.8, 4) is 0 Å². The zero-order valence-electron chi connectivity index (χ0n) is 6.58. The maximum absolute atomic E-state index is 4.78. The van der Waals surface area contributed by atoms with E-state index in [2.05, 4.69) is 4.90 Å². The molecule has 0 aromatic rings. The van der Waals surface area contributed by atoms with Crippen LogP contribution < -0.4 is 0 Å². The fourth-order valence-electron chi connectivity index (χ4n) is 1.56. The standard InChI is InChI=1S/C8H13NO2/c1-2-4-9(5-3-1)8-6-10-11-7-8/h6H,1-5,7H2. The van der Waals surface area contributed by atoms with Crippen molar-refractivity contribution in [3.63, 3.8) is 0 Å². The average Bonchev–Trinajstić information content (AvgIpc) is 2.58. The van der Waals surface area contributed by atoms with E-state index in [1.165, 1.54) is 38.0 Å². The number of piperidine rings is 1. The molecule has 0 spiro atoms. The first-order chi connectivity index (χ1) is 5.47. The monoisotopic (exact) mass is 155 g/mol. The third kappa shape index (κ3) is 1.48. The molecule has 2 aliphatic heterocycles. The van der Waals surface area contributed by atoms with Crippen LogP contribution in [0.15, 0.2) is 12.0 Å². The summed E-state index contributed by atoms with van der Waals surface area (Å²) in [5.41, 5.74) is 1.20. The maximum atomic E-state index is 4.78. The van der Waals surface area contributed by atoms with Crippen LogP contribution >= 0.6 is 0 Å². The van der Waals surface area contributed by atoms with E-state index in [0.717, 1.165) is 0 Å². The number of hydrogen-bond acceptors (Lipinski definition) is 3. The lowest BCUT2D eigenvalue weighted by atomic mass is 10.1. The Morgan fingerprint density at radius 3 is 2.64 bits per heavy atom. The molecule has 0 unspecified atom stereocenters. The normalized spacial score (nSPS) is 24.7. The van der Waals surface area contributed by atoms with E-state index >= 15 is 0 Å². The number of nitrogens with zero attached hydrogens (tertiary/aromatic N) is 1. The maximum Gasteiger partial charge on any atom is 0.151 e. The molecule has 1 saturated heterocycles. The molecule has 62 valence electrons. The summed E-state index contributed by atoms with van der Waals surface area (Å²) in [7, 11) is 0. The molecule has 0 saturated carbocycles. The topological polar surface area (TPSA) is 21.7 Å². The summed E-state index contributed by atoms with van der Waals surface area (Å²) in [5.74, 6) is 0. The SMILES string of the molecule is C1=C(N2CCCCC2)COO1. The van der Waals surface area contributed by atoms with Gasteiger partial charge in [0.05, 0.1) is 5.70 Å². The van der Waals surface area contributed by atoms with Crippen LogP contribution in [0.4, 0.5) is 0 Å². The molecule has 2 heterocycles. The van der Waals surface area contributed by atoms with Crippen LogP contribution in [-0.2, 0) is 9.78 Å². The van der Waals surface area contributed by atoms with E-state index in [-0.39, 0.29) is 0 Å². The molecule has 0 aromatic carbocycles. The Hall–Kier alpha value is -0.700. The Kier molecular flexibility index (Phi) is 1.99. The molecule has 0 bridgehead atoms. The Morgan fingerprint density at radius 2 is 2.00 bits per heavy atom. The first kappa shape index (κ1) is 6.98. The Morgan fingerprint density at radius 1 is 1.18 bits per heavy atom. The molecule has 11 heavy (non-hydrogen) atoms. The molecule has 3 nitrogen and oxygen atoms in total. The molecule has 3 heteroatoms. The molecular weight excluding hydrogens is 142 g/mol. The summed E-state index contributed by atoms with van der Waals surface area (Å²) in [6, 6.07) is 0. The highest BCUT2D eigenvalue weighted by molar-refractivity contribution is 5.00. The molecule has 0 aromatic heterocycles. The van der Waals surface area contributed by atoms with Gasteiger partial charge in [-0.05, 0) is 19.3 Å². The van der Waals surface area contributed by atoms with Crippen LogP contribution in [-0.4, -0.2) is 24.6 Å². The lowest BCUT2D eigenvalue weighted by Crippen LogP contribution is -2.29. The fraction of sp³-hybridized carbons (Fsp3) is 0.750. The average molecular weight is 155 g/mol. The van der Waals surface area contributed by atoms with Crippen molar-refractivity contribution >= 4 is 0 Å². The molecule has 0 atom stereocenters. The molecule has 1 fully saturated rings. The van der Waals surface area contributed by atoms with Gasteiger partial charge in [0.1, 0.15) is 6.61 Å². The highest BCUT2D eigenvalue weighted by Crippen LogP contribution is 2.17. The van der Waals surface area contributed by atoms with Gasteiger partial charge in [-0.15, -0.1) is 0 Å². The Balaban J connectivity index is 1.92. The predicted octanol–water partition coefficient (Wildman–Crippen LogP) is 1.28. The minimum Gasteiger partial charge on any atom is -0.370 e. The van der Waals surface area contributed by atoms with E-state index in [1.54, 1.807) is 6.26 Å². The minimum atomic E-state index is 0.625. The second kappa shape index (κ2) is 3.13. The summed E-state index contributed by atoms with van der Waals surface area (Å²) in [5, 5.41) is 0. The van der Waals surface area contributed by atoms with Gasteiger partial charge in [0.2, 0.25) is 0 Å². The largest absolute Gasteiger partial charge is 0.370 e. The number of rotatable bonds is 1. The van der Waals surface area contributed by atoms with Crippen LogP contribution in [0, 0.1) is 0 Å². The van der Waals surface area contributed by atoms with Gasteiger partial charge < -0.3 is 9.79 Å². The second-order valence-corrected chi connectivity index (χ2v) is 3.02. The quantitative estimate of drug-likeness (QED) is 0.532. The molecule has 2 rings (SSSR count). The summed E-state index contributed by atoms with van der Waals surface area (Å²) < 4.78 is 0. The van der Waals surface area contributed by atoms with Gasteiger partial charge in [-0.25, -0.2) is 0 Å². The molecule has 0 N–H and O–H groups in total. The molecule has 2 aliphatic rings. The lowest BCUT2D eigenvalue weighted by molar-refractivity contribution is -0.222. The lowest BCUT2D eigenvalue weighted by Gasteiger charge is -2.27. The van der Waals surface area contributed by atoms with Crippen LogP contribution in [0.3, 0.4) is 0 Å². The second-order valence-electron chi connectivity index (χ2n) is 3.02. The van der Waals surface area contributed by atoms with Gasteiger partial charge in [-0.3, -0.25) is 0 Å². The molecule has 0 amide bonds. The first-order valence-corrected chi connectivity index (χ1v) is 4.19. The smallest absolute Gasteiger partial charge is 0.151 e. The van der Waals surface area contributed by atoms with Crippen molar-refractivity contribution in [1.82, 2.24) is 4.90 Å². The van der Waals surface area contributed by atoms with Crippen molar-refractivity contribution in [3.05, 3.63) is 12.0 Å². The fourth-order valence-corrected chi connectivity index (χ4v) is 1.56. The molecule has 0 aliphatic carbocycles. The number of hydrogen-bond donors (Lipinski definition) is 0. The van der Waals surface area contributed by atoms with Crippen molar-refractivity contribution in [1.29, 1.82) is 0 Å². The van der Waals surface area contributed by atoms with Gasteiger partial charge in [-0.2, -0.15) is 4.89 Å². The Labute approximate surface area is 66.5 Å². The van der Waals surface area contributed by atoms with Gasteiger partial charge in [0, 0.05) is 13.1 Å². The van der Waals surface area contributed by atoms with E-state index in [0.29, 0.717) is 6.61 Å². The van der Waals surface area contributed by atoms with Crippen molar-refractivity contribution in [2.24, 2.45) is 0 Å². The zero-order chi connectivity index (χ0) is 7.52. The van der Waals surface area contributed by atoms with Crippen LogP contribution in [0.5, 0.6) is 0 Å². The van der Waals surface area contributed by atoms with Crippen LogP contribution in [0.2, 0.25) is 0 Å². The number of likely N-dealkylation sites (tertiary alicyclic amines) is 1. The third-order valence-corrected chi connectivity index (χ3v) is 2.22. The highest BCUT2D eigenvalue weighted by atomic mass is 17.2.